The van der Waals surface area contributed by atoms with Gasteiger partial charge in [0.1, 0.15) is 5.52 Å². The fraction of sp³-hybridized carbons (Fsp3) is 0.389. The predicted molar refractivity (Wildman–Crippen MR) is 92.7 cm³/mol. The van der Waals surface area contributed by atoms with E-state index in [2.05, 4.69) is 32.0 Å². The van der Waals surface area contributed by atoms with Gasteiger partial charge in [0.15, 0.2) is 11.4 Å². The SMILES string of the molecule is CN(Cc1nc2ccccc2o1)[C@@H]1CCCN(c2cccnn2)C1. The van der Waals surface area contributed by atoms with Crippen molar-refractivity contribution in [3.8, 4) is 0 Å². The second-order valence-electron chi connectivity index (χ2n) is 6.31. The number of piperidine rings is 1. The Morgan fingerprint density at radius 2 is 2.17 bits per heavy atom. The molecule has 2 aromatic heterocycles. The minimum Gasteiger partial charge on any atom is -0.439 e. The summed E-state index contributed by atoms with van der Waals surface area (Å²) >= 11 is 0. The highest BCUT2D eigenvalue weighted by molar-refractivity contribution is 5.72. The maximum absolute atomic E-state index is 5.85. The van der Waals surface area contributed by atoms with Gasteiger partial charge in [0.2, 0.25) is 5.89 Å². The molecular weight excluding hydrogens is 302 g/mol. The normalized spacial score (nSPS) is 18.4. The van der Waals surface area contributed by atoms with Crippen molar-refractivity contribution < 1.29 is 4.42 Å². The molecule has 0 amide bonds. The first-order chi connectivity index (χ1) is 11.8. The Hall–Kier alpha value is -2.47. The number of rotatable bonds is 4. The third-order valence-corrected chi connectivity index (χ3v) is 4.62. The van der Waals surface area contributed by atoms with Crippen LogP contribution in [-0.4, -0.2) is 46.3 Å². The van der Waals surface area contributed by atoms with Crippen molar-refractivity contribution in [2.75, 3.05) is 25.0 Å². The quantitative estimate of drug-likeness (QED) is 0.736. The summed E-state index contributed by atoms with van der Waals surface area (Å²) in [6, 6.07) is 12.3. The lowest BCUT2D eigenvalue weighted by Gasteiger charge is -2.37. The Morgan fingerprint density at radius 3 is 3.00 bits per heavy atom. The zero-order valence-corrected chi connectivity index (χ0v) is 13.8. The Balaban J connectivity index is 1.44. The van der Waals surface area contributed by atoms with E-state index in [0.29, 0.717) is 12.6 Å². The molecule has 24 heavy (non-hydrogen) atoms. The van der Waals surface area contributed by atoms with Crippen molar-refractivity contribution in [1.82, 2.24) is 20.1 Å². The van der Waals surface area contributed by atoms with Crippen molar-refractivity contribution in [3.63, 3.8) is 0 Å². The van der Waals surface area contributed by atoms with Gasteiger partial charge in [-0.25, -0.2) is 4.98 Å². The van der Waals surface area contributed by atoms with Crippen molar-refractivity contribution in [1.29, 1.82) is 0 Å². The molecule has 0 spiro atoms. The van der Waals surface area contributed by atoms with Gasteiger partial charge < -0.3 is 9.32 Å². The van der Waals surface area contributed by atoms with Crippen LogP contribution in [0, 0.1) is 0 Å². The molecule has 1 aromatic carbocycles. The number of para-hydroxylation sites is 2. The van der Waals surface area contributed by atoms with E-state index >= 15 is 0 Å². The van der Waals surface area contributed by atoms with Crippen molar-refractivity contribution >= 4 is 16.9 Å². The van der Waals surface area contributed by atoms with Gasteiger partial charge in [-0.15, -0.1) is 5.10 Å². The Bertz CT molecular complexity index is 770. The van der Waals surface area contributed by atoms with Gasteiger partial charge in [-0.05, 0) is 44.2 Å². The first kappa shape index (κ1) is 15.1. The lowest BCUT2D eigenvalue weighted by Crippen LogP contribution is -2.46. The number of hydrogen-bond donors (Lipinski definition) is 0. The second-order valence-corrected chi connectivity index (χ2v) is 6.31. The lowest BCUT2D eigenvalue weighted by atomic mass is 10.0. The summed E-state index contributed by atoms with van der Waals surface area (Å²) < 4.78 is 5.85. The number of nitrogens with zero attached hydrogens (tertiary/aromatic N) is 5. The number of likely N-dealkylation sites (N-methyl/N-ethyl adjacent to an activating group) is 1. The summed E-state index contributed by atoms with van der Waals surface area (Å²) in [6.45, 7) is 2.70. The molecule has 3 heterocycles. The lowest BCUT2D eigenvalue weighted by molar-refractivity contribution is 0.192. The summed E-state index contributed by atoms with van der Waals surface area (Å²) in [7, 11) is 2.14. The molecule has 0 aliphatic carbocycles. The minimum absolute atomic E-state index is 0.454. The summed E-state index contributed by atoms with van der Waals surface area (Å²) in [4.78, 5) is 9.22. The third-order valence-electron chi connectivity index (χ3n) is 4.62. The first-order valence-corrected chi connectivity index (χ1v) is 8.37. The molecular formula is C18H21N5O. The number of oxazole rings is 1. The third kappa shape index (κ3) is 3.10. The van der Waals surface area contributed by atoms with Gasteiger partial charge in [0.25, 0.3) is 0 Å². The highest BCUT2D eigenvalue weighted by atomic mass is 16.3. The monoisotopic (exact) mass is 323 g/mol. The van der Waals surface area contributed by atoms with E-state index in [4.69, 9.17) is 4.42 Å². The molecule has 0 unspecified atom stereocenters. The van der Waals surface area contributed by atoms with Crippen LogP contribution < -0.4 is 4.90 Å². The van der Waals surface area contributed by atoms with Gasteiger partial charge in [-0.1, -0.05) is 12.1 Å². The van der Waals surface area contributed by atoms with E-state index in [-0.39, 0.29) is 0 Å². The number of fused-ring (bicyclic) bond motifs is 1. The molecule has 1 fully saturated rings. The van der Waals surface area contributed by atoms with Crippen LogP contribution in [0.2, 0.25) is 0 Å². The van der Waals surface area contributed by atoms with E-state index in [1.54, 1.807) is 6.20 Å². The average Bonchev–Trinajstić information content (AvgIpc) is 3.05. The number of benzene rings is 1. The molecule has 1 atom stereocenters. The van der Waals surface area contributed by atoms with Gasteiger partial charge >= 0.3 is 0 Å². The molecule has 6 heteroatoms. The maximum Gasteiger partial charge on any atom is 0.209 e. The van der Waals surface area contributed by atoms with Crippen LogP contribution in [0.5, 0.6) is 0 Å². The number of aromatic nitrogens is 3. The van der Waals surface area contributed by atoms with Gasteiger partial charge in [0.05, 0.1) is 6.54 Å². The van der Waals surface area contributed by atoms with Gasteiger partial charge in [0, 0.05) is 25.3 Å². The van der Waals surface area contributed by atoms with E-state index in [1.165, 1.54) is 6.42 Å². The summed E-state index contributed by atoms with van der Waals surface area (Å²) in [5, 5.41) is 8.23. The van der Waals surface area contributed by atoms with Gasteiger partial charge in [-0.2, -0.15) is 5.10 Å². The first-order valence-electron chi connectivity index (χ1n) is 8.37. The van der Waals surface area contributed by atoms with Crippen LogP contribution in [0.4, 0.5) is 5.82 Å². The Kier molecular flexibility index (Phi) is 4.13. The van der Waals surface area contributed by atoms with Crippen molar-refractivity contribution in [2.24, 2.45) is 0 Å². The number of hydrogen-bond acceptors (Lipinski definition) is 6. The summed E-state index contributed by atoms with van der Waals surface area (Å²) in [6.07, 6.45) is 4.04. The molecule has 1 aliphatic heterocycles. The maximum atomic E-state index is 5.85. The van der Waals surface area contributed by atoms with E-state index in [0.717, 1.165) is 42.3 Å². The van der Waals surface area contributed by atoms with Crippen LogP contribution in [0.15, 0.2) is 47.0 Å². The molecule has 1 aliphatic rings. The van der Waals surface area contributed by atoms with Gasteiger partial charge in [-0.3, -0.25) is 4.90 Å². The van der Waals surface area contributed by atoms with E-state index in [9.17, 15) is 0 Å². The topological polar surface area (TPSA) is 58.3 Å². The van der Waals surface area contributed by atoms with Crippen LogP contribution >= 0.6 is 0 Å². The fourth-order valence-corrected chi connectivity index (χ4v) is 3.31. The van der Waals surface area contributed by atoms with Crippen molar-refractivity contribution in [2.45, 2.75) is 25.4 Å². The Labute approximate surface area is 141 Å². The second kappa shape index (κ2) is 6.57. The molecule has 124 valence electrons. The average molecular weight is 323 g/mol. The molecule has 0 saturated carbocycles. The zero-order valence-electron chi connectivity index (χ0n) is 13.8. The van der Waals surface area contributed by atoms with E-state index < -0.39 is 0 Å². The standard InChI is InChI=1S/C18H21N5O/c1-22(13-18-20-15-7-2-3-8-16(15)24-18)14-6-5-11-23(12-14)17-9-4-10-19-21-17/h2-4,7-10,14H,5-6,11-13H2,1H3/t14-/m1/s1. The van der Waals surface area contributed by atoms with E-state index in [1.807, 2.05) is 36.4 Å². The van der Waals surface area contributed by atoms with Crippen LogP contribution in [-0.2, 0) is 6.54 Å². The predicted octanol–water partition coefficient (Wildman–Crippen LogP) is 2.72. The zero-order chi connectivity index (χ0) is 16.4. The van der Waals surface area contributed by atoms with Crippen LogP contribution in [0.1, 0.15) is 18.7 Å². The molecule has 0 radical (unpaired) electrons. The molecule has 4 rings (SSSR count). The molecule has 0 N–H and O–H groups in total. The van der Waals surface area contributed by atoms with Crippen LogP contribution in [0.25, 0.3) is 11.1 Å². The van der Waals surface area contributed by atoms with Crippen LogP contribution in [0.3, 0.4) is 0 Å². The molecule has 6 nitrogen and oxygen atoms in total. The smallest absolute Gasteiger partial charge is 0.209 e. The summed E-state index contributed by atoms with van der Waals surface area (Å²) in [5.74, 6) is 1.73. The molecule has 3 aromatic rings. The van der Waals surface area contributed by atoms with Crippen molar-refractivity contribution in [3.05, 3.63) is 48.5 Å². The summed E-state index contributed by atoms with van der Waals surface area (Å²) in [5.41, 5.74) is 1.77. The minimum atomic E-state index is 0.454. The fourth-order valence-electron chi connectivity index (χ4n) is 3.31. The largest absolute Gasteiger partial charge is 0.439 e. The molecule has 1 saturated heterocycles. The number of anilines is 1. The Morgan fingerprint density at radius 1 is 1.25 bits per heavy atom. The molecule has 0 bridgehead atoms. The highest BCUT2D eigenvalue weighted by Crippen LogP contribution is 2.22. The highest BCUT2D eigenvalue weighted by Gasteiger charge is 2.25.